The van der Waals surface area contributed by atoms with E-state index >= 15 is 0 Å². The maximum Gasteiger partial charge on any atom is 0.341 e. The molecule has 1 heterocycles. The Hall–Kier alpha value is -2.42. The maximum absolute atomic E-state index is 11.7. The van der Waals surface area contributed by atoms with Gasteiger partial charge in [0.05, 0.1) is 19.9 Å². The molecule has 2 aromatic rings. The zero-order valence-electron chi connectivity index (χ0n) is 11.6. The number of carbonyl (C=O) groups is 1. The number of methoxy groups -OCH3 is 2. The molecule has 2 rings (SSSR count). The fourth-order valence-corrected chi connectivity index (χ4v) is 2.47. The standard InChI is InChI=1S/C12H13N3O5S/c1-19-10-5-4-8(6-9(10)11(16)20-2)15-7-13-14-12(15)21(3,17)18/h4-7H,1-3H3. The largest absolute Gasteiger partial charge is 0.496 e. The van der Waals surface area contributed by atoms with Gasteiger partial charge in [0.1, 0.15) is 17.6 Å². The number of aromatic nitrogens is 3. The van der Waals surface area contributed by atoms with E-state index in [9.17, 15) is 13.2 Å². The molecule has 0 aliphatic carbocycles. The SMILES string of the molecule is COC(=O)c1cc(-n2cnnc2S(C)(=O)=O)ccc1OC. The van der Waals surface area contributed by atoms with Crippen molar-refractivity contribution in [3.05, 3.63) is 30.1 Å². The number of hydrogen-bond acceptors (Lipinski definition) is 7. The normalized spacial score (nSPS) is 11.2. The summed E-state index contributed by atoms with van der Waals surface area (Å²) < 4.78 is 34.3. The first-order chi connectivity index (χ1) is 9.88. The van der Waals surface area contributed by atoms with Gasteiger partial charge in [0.25, 0.3) is 5.16 Å². The number of rotatable bonds is 4. The molecular weight excluding hydrogens is 298 g/mol. The summed E-state index contributed by atoms with van der Waals surface area (Å²) in [6.45, 7) is 0. The third kappa shape index (κ3) is 2.87. The molecular formula is C12H13N3O5S. The minimum Gasteiger partial charge on any atom is -0.496 e. The molecule has 21 heavy (non-hydrogen) atoms. The van der Waals surface area contributed by atoms with Gasteiger partial charge in [0.15, 0.2) is 0 Å². The minimum atomic E-state index is -3.55. The van der Waals surface area contributed by atoms with Crippen molar-refractivity contribution in [1.29, 1.82) is 0 Å². The van der Waals surface area contributed by atoms with Gasteiger partial charge in [-0.25, -0.2) is 13.2 Å². The van der Waals surface area contributed by atoms with Crippen molar-refractivity contribution < 1.29 is 22.7 Å². The number of ether oxygens (including phenoxy) is 2. The smallest absolute Gasteiger partial charge is 0.341 e. The van der Waals surface area contributed by atoms with Gasteiger partial charge in [-0.2, -0.15) is 0 Å². The number of sulfone groups is 1. The van der Waals surface area contributed by atoms with Gasteiger partial charge in [-0.15, -0.1) is 10.2 Å². The predicted molar refractivity (Wildman–Crippen MR) is 72.4 cm³/mol. The van der Waals surface area contributed by atoms with Crippen LogP contribution in [0.4, 0.5) is 0 Å². The summed E-state index contributed by atoms with van der Waals surface area (Å²) in [5.74, 6) is -0.276. The molecule has 0 amide bonds. The van der Waals surface area contributed by atoms with E-state index in [0.29, 0.717) is 11.4 Å². The lowest BCUT2D eigenvalue weighted by Gasteiger charge is -2.10. The maximum atomic E-state index is 11.7. The molecule has 0 spiro atoms. The third-order valence-electron chi connectivity index (χ3n) is 2.71. The molecule has 0 radical (unpaired) electrons. The Bertz CT molecular complexity index is 782. The second kappa shape index (κ2) is 5.52. The van der Waals surface area contributed by atoms with Crippen LogP contribution in [0.1, 0.15) is 10.4 Å². The molecule has 0 atom stereocenters. The van der Waals surface area contributed by atoms with E-state index in [2.05, 4.69) is 14.9 Å². The van der Waals surface area contributed by atoms with Crippen molar-refractivity contribution in [3.63, 3.8) is 0 Å². The molecule has 0 N–H and O–H groups in total. The highest BCUT2D eigenvalue weighted by Crippen LogP contribution is 2.24. The molecule has 9 heteroatoms. The Morgan fingerprint density at radius 1 is 1.29 bits per heavy atom. The molecule has 1 aromatic heterocycles. The quantitative estimate of drug-likeness (QED) is 0.756. The van der Waals surface area contributed by atoms with Crippen LogP contribution < -0.4 is 4.74 Å². The van der Waals surface area contributed by atoms with E-state index < -0.39 is 15.8 Å². The van der Waals surface area contributed by atoms with Crippen molar-refractivity contribution in [2.24, 2.45) is 0 Å². The highest BCUT2D eigenvalue weighted by atomic mass is 32.2. The van der Waals surface area contributed by atoms with E-state index in [-0.39, 0.29) is 10.7 Å². The molecule has 0 saturated heterocycles. The lowest BCUT2D eigenvalue weighted by Crippen LogP contribution is -2.09. The van der Waals surface area contributed by atoms with Crippen LogP contribution in [-0.2, 0) is 14.6 Å². The molecule has 8 nitrogen and oxygen atoms in total. The van der Waals surface area contributed by atoms with E-state index in [4.69, 9.17) is 4.74 Å². The summed E-state index contributed by atoms with van der Waals surface area (Å²) in [6, 6.07) is 4.57. The van der Waals surface area contributed by atoms with Gasteiger partial charge in [0, 0.05) is 6.26 Å². The van der Waals surface area contributed by atoms with Gasteiger partial charge in [-0.1, -0.05) is 0 Å². The van der Waals surface area contributed by atoms with Crippen LogP contribution in [0.3, 0.4) is 0 Å². The Kier molecular flexibility index (Phi) is 3.94. The number of benzene rings is 1. The summed E-state index contributed by atoms with van der Waals surface area (Å²) in [7, 11) is -0.887. The van der Waals surface area contributed by atoms with E-state index in [0.717, 1.165) is 6.26 Å². The third-order valence-corrected chi connectivity index (χ3v) is 3.66. The van der Waals surface area contributed by atoms with Gasteiger partial charge < -0.3 is 9.47 Å². The monoisotopic (exact) mass is 311 g/mol. The number of esters is 1. The first-order valence-corrected chi connectivity index (χ1v) is 7.64. The highest BCUT2D eigenvalue weighted by molar-refractivity contribution is 7.90. The number of nitrogens with zero attached hydrogens (tertiary/aromatic N) is 3. The van der Waals surface area contributed by atoms with Gasteiger partial charge in [0.2, 0.25) is 9.84 Å². The minimum absolute atomic E-state index is 0.172. The molecule has 0 bridgehead atoms. The zero-order valence-corrected chi connectivity index (χ0v) is 12.4. The Labute approximate surface area is 121 Å². The Morgan fingerprint density at radius 2 is 2.00 bits per heavy atom. The van der Waals surface area contributed by atoms with Crippen molar-refractivity contribution in [2.45, 2.75) is 5.16 Å². The topological polar surface area (TPSA) is 100 Å². The summed E-state index contributed by atoms with van der Waals surface area (Å²) in [5.41, 5.74) is 0.576. The fourth-order valence-electron chi connectivity index (χ4n) is 1.77. The van der Waals surface area contributed by atoms with Crippen LogP contribution in [0.5, 0.6) is 5.75 Å². The van der Waals surface area contributed by atoms with Crippen molar-refractivity contribution in [1.82, 2.24) is 14.8 Å². The zero-order chi connectivity index (χ0) is 15.6. The van der Waals surface area contributed by atoms with E-state index in [1.807, 2.05) is 0 Å². The lowest BCUT2D eigenvalue weighted by molar-refractivity contribution is 0.0597. The first kappa shape index (κ1) is 15.0. The van der Waals surface area contributed by atoms with Gasteiger partial charge >= 0.3 is 5.97 Å². The average molecular weight is 311 g/mol. The second-order valence-corrected chi connectivity index (χ2v) is 6.04. The van der Waals surface area contributed by atoms with Crippen molar-refractivity contribution in [2.75, 3.05) is 20.5 Å². The van der Waals surface area contributed by atoms with Crippen LogP contribution in [0.25, 0.3) is 5.69 Å². The Morgan fingerprint density at radius 3 is 2.57 bits per heavy atom. The summed E-state index contributed by atoms with van der Waals surface area (Å²) in [5, 5.41) is 6.95. The van der Waals surface area contributed by atoms with Crippen molar-refractivity contribution in [3.8, 4) is 11.4 Å². The molecule has 112 valence electrons. The van der Waals surface area contributed by atoms with Crippen LogP contribution in [0, 0.1) is 0 Å². The predicted octanol–water partition coefficient (Wildman–Crippen LogP) is 0.466. The van der Waals surface area contributed by atoms with Crippen LogP contribution in [0.15, 0.2) is 29.7 Å². The highest BCUT2D eigenvalue weighted by Gasteiger charge is 2.19. The van der Waals surface area contributed by atoms with Crippen LogP contribution in [0.2, 0.25) is 0 Å². The second-order valence-electron chi connectivity index (χ2n) is 4.13. The van der Waals surface area contributed by atoms with E-state index in [1.54, 1.807) is 6.07 Å². The Balaban J connectivity index is 2.62. The van der Waals surface area contributed by atoms with Crippen LogP contribution >= 0.6 is 0 Å². The van der Waals surface area contributed by atoms with E-state index in [1.165, 1.54) is 37.2 Å². The number of hydrogen-bond donors (Lipinski definition) is 0. The summed E-state index contributed by atoms with van der Waals surface area (Å²) in [4.78, 5) is 11.7. The fraction of sp³-hybridized carbons (Fsp3) is 0.250. The van der Waals surface area contributed by atoms with Crippen molar-refractivity contribution >= 4 is 15.8 Å². The first-order valence-electron chi connectivity index (χ1n) is 5.75. The molecule has 0 saturated carbocycles. The molecule has 1 aromatic carbocycles. The van der Waals surface area contributed by atoms with Gasteiger partial charge in [-0.05, 0) is 18.2 Å². The average Bonchev–Trinajstić information content (AvgIpc) is 2.95. The molecule has 0 aliphatic heterocycles. The lowest BCUT2D eigenvalue weighted by atomic mass is 10.1. The summed E-state index contributed by atoms with van der Waals surface area (Å²) in [6.07, 6.45) is 2.28. The molecule has 0 fully saturated rings. The number of carbonyl (C=O) groups excluding carboxylic acids is 1. The van der Waals surface area contributed by atoms with Gasteiger partial charge in [-0.3, -0.25) is 4.57 Å². The molecule has 0 unspecified atom stereocenters. The summed E-state index contributed by atoms with van der Waals surface area (Å²) >= 11 is 0. The van der Waals surface area contributed by atoms with Crippen LogP contribution in [-0.4, -0.2) is 49.6 Å². The molecule has 0 aliphatic rings.